The van der Waals surface area contributed by atoms with Crippen LogP contribution >= 0.6 is 11.3 Å². The second-order valence-corrected chi connectivity index (χ2v) is 5.63. The molecule has 0 unspecified atom stereocenters. The minimum Gasteiger partial charge on any atom is -0.371 e. The van der Waals surface area contributed by atoms with Crippen molar-refractivity contribution in [1.82, 2.24) is 4.98 Å². The molecule has 0 atom stereocenters. The number of aromatic nitrogens is 1. The number of fused-ring (bicyclic) bond motifs is 1. The zero-order valence-corrected chi connectivity index (χ0v) is 10.7. The van der Waals surface area contributed by atoms with Crippen molar-refractivity contribution in [2.45, 2.75) is 25.8 Å². The van der Waals surface area contributed by atoms with E-state index >= 15 is 0 Å². The van der Waals surface area contributed by atoms with E-state index in [2.05, 4.69) is 28.1 Å². The first-order chi connectivity index (χ1) is 8.36. The van der Waals surface area contributed by atoms with Gasteiger partial charge in [0, 0.05) is 25.3 Å². The summed E-state index contributed by atoms with van der Waals surface area (Å²) in [6.45, 7) is 2.92. The Labute approximate surface area is 105 Å². The third kappa shape index (κ3) is 2.15. The van der Waals surface area contributed by atoms with Gasteiger partial charge in [0.05, 0.1) is 10.2 Å². The summed E-state index contributed by atoms with van der Waals surface area (Å²) in [7, 11) is 0. The Morgan fingerprint density at radius 2 is 2.06 bits per heavy atom. The second kappa shape index (κ2) is 4.63. The molecule has 0 amide bonds. The Bertz CT molecular complexity index is 514. The maximum absolute atomic E-state index is 5.63. The first-order valence-electron chi connectivity index (χ1n) is 6.21. The number of rotatable bonds is 2. The third-order valence-corrected chi connectivity index (χ3v) is 4.35. The number of thiazole rings is 1. The van der Waals surface area contributed by atoms with E-state index in [9.17, 15) is 0 Å². The maximum atomic E-state index is 5.63. The van der Waals surface area contributed by atoms with E-state index in [0.29, 0.717) is 6.54 Å². The summed E-state index contributed by atoms with van der Waals surface area (Å²) in [5.74, 6) is 0. The topological polar surface area (TPSA) is 42.1 Å². The Morgan fingerprint density at radius 3 is 2.82 bits per heavy atom. The van der Waals surface area contributed by atoms with Crippen molar-refractivity contribution in [3.63, 3.8) is 0 Å². The van der Waals surface area contributed by atoms with Gasteiger partial charge in [-0.1, -0.05) is 0 Å². The predicted octanol–water partition coefficient (Wildman–Crippen LogP) is 2.75. The Hall–Kier alpha value is -1.13. The zero-order valence-electron chi connectivity index (χ0n) is 9.85. The van der Waals surface area contributed by atoms with Crippen LogP contribution in [0.1, 0.15) is 24.3 Å². The highest BCUT2D eigenvalue weighted by Crippen LogP contribution is 2.28. The molecule has 17 heavy (non-hydrogen) atoms. The van der Waals surface area contributed by atoms with Gasteiger partial charge < -0.3 is 10.6 Å². The number of hydrogen-bond donors (Lipinski definition) is 1. The second-order valence-electron chi connectivity index (χ2n) is 4.51. The number of anilines is 1. The highest BCUT2D eigenvalue weighted by molar-refractivity contribution is 7.18. The standard InChI is InChI=1S/C13H17N3S/c14-9-13-15-11-5-4-10(8-12(11)17-13)16-6-2-1-3-7-16/h4-5,8H,1-3,6-7,9,14H2. The average molecular weight is 247 g/mol. The van der Waals surface area contributed by atoms with E-state index in [1.165, 1.54) is 42.7 Å². The maximum Gasteiger partial charge on any atom is 0.107 e. The fraction of sp³-hybridized carbons (Fsp3) is 0.462. The molecule has 2 aromatic rings. The predicted molar refractivity (Wildman–Crippen MR) is 73.6 cm³/mol. The van der Waals surface area contributed by atoms with Gasteiger partial charge in [0.2, 0.25) is 0 Å². The van der Waals surface area contributed by atoms with Gasteiger partial charge in [-0.25, -0.2) is 4.98 Å². The van der Waals surface area contributed by atoms with Crippen LogP contribution in [0, 0.1) is 0 Å². The molecule has 3 nitrogen and oxygen atoms in total. The van der Waals surface area contributed by atoms with Crippen LogP contribution in [0.25, 0.3) is 10.2 Å². The minimum absolute atomic E-state index is 0.540. The van der Waals surface area contributed by atoms with Crippen LogP contribution in [0.5, 0.6) is 0 Å². The smallest absolute Gasteiger partial charge is 0.107 e. The van der Waals surface area contributed by atoms with Crippen molar-refractivity contribution < 1.29 is 0 Å². The molecule has 0 radical (unpaired) electrons. The van der Waals surface area contributed by atoms with Gasteiger partial charge >= 0.3 is 0 Å². The average Bonchev–Trinajstić information content (AvgIpc) is 2.81. The summed E-state index contributed by atoms with van der Waals surface area (Å²) in [5, 5.41) is 1.02. The van der Waals surface area contributed by atoms with E-state index in [0.717, 1.165) is 10.5 Å². The molecule has 1 aliphatic rings. The van der Waals surface area contributed by atoms with Gasteiger partial charge in [-0.3, -0.25) is 0 Å². The van der Waals surface area contributed by atoms with Crippen LogP contribution in [0.15, 0.2) is 18.2 Å². The van der Waals surface area contributed by atoms with Gasteiger partial charge in [0.15, 0.2) is 0 Å². The molecular weight excluding hydrogens is 230 g/mol. The molecule has 1 fully saturated rings. The van der Waals surface area contributed by atoms with Crippen molar-refractivity contribution >= 4 is 27.2 Å². The van der Waals surface area contributed by atoms with Crippen molar-refractivity contribution in [2.75, 3.05) is 18.0 Å². The number of nitrogens with two attached hydrogens (primary N) is 1. The third-order valence-electron chi connectivity index (χ3n) is 3.31. The summed E-state index contributed by atoms with van der Waals surface area (Å²) in [6, 6.07) is 6.57. The number of benzene rings is 1. The summed E-state index contributed by atoms with van der Waals surface area (Å²) in [4.78, 5) is 6.97. The van der Waals surface area contributed by atoms with Gasteiger partial charge in [0.1, 0.15) is 5.01 Å². The van der Waals surface area contributed by atoms with Crippen LogP contribution in [0.2, 0.25) is 0 Å². The van der Waals surface area contributed by atoms with E-state index in [1.54, 1.807) is 11.3 Å². The monoisotopic (exact) mass is 247 g/mol. The quantitative estimate of drug-likeness (QED) is 0.887. The van der Waals surface area contributed by atoms with Crippen molar-refractivity contribution in [3.05, 3.63) is 23.2 Å². The van der Waals surface area contributed by atoms with E-state index in [-0.39, 0.29) is 0 Å². The number of nitrogens with zero attached hydrogens (tertiary/aromatic N) is 2. The summed E-state index contributed by atoms with van der Waals surface area (Å²) >= 11 is 1.71. The lowest BCUT2D eigenvalue weighted by Gasteiger charge is -2.28. The van der Waals surface area contributed by atoms with Gasteiger partial charge in [-0.15, -0.1) is 11.3 Å². The Balaban J connectivity index is 1.94. The lowest BCUT2D eigenvalue weighted by atomic mass is 10.1. The van der Waals surface area contributed by atoms with Gasteiger partial charge in [-0.2, -0.15) is 0 Å². The first kappa shape index (κ1) is 11.0. The molecule has 90 valence electrons. The van der Waals surface area contributed by atoms with E-state index in [1.807, 2.05) is 0 Å². The molecule has 3 rings (SSSR count). The molecule has 2 heterocycles. The number of piperidine rings is 1. The highest BCUT2D eigenvalue weighted by Gasteiger charge is 2.12. The van der Waals surface area contributed by atoms with Gasteiger partial charge in [-0.05, 0) is 37.5 Å². The normalized spacial score (nSPS) is 16.6. The highest BCUT2D eigenvalue weighted by atomic mass is 32.1. The molecule has 1 aromatic heterocycles. The fourth-order valence-corrected chi connectivity index (χ4v) is 3.28. The van der Waals surface area contributed by atoms with Gasteiger partial charge in [0.25, 0.3) is 0 Å². The molecule has 1 saturated heterocycles. The van der Waals surface area contributed by atoms with Crippen molar-refractivity contribution in [1.29, 1.82) is 0 Å². The molecule has 4 heteroatoms. The summed E-state index contributed by atoms with van der Waals surface area (Å²) < 4.78 is 1.26. The summed E-state index contributed by atoms with van der Waals surface area (Å²) in [6.07, 6.45) is 4.00. The lowest BCUT2D eigenvalue weighted by Crippen LogP contribution is -2.29. The zero-order chi connectivity index (χ0) is 11.7. The molecule has 0 spiro atoms. The fourth-order valence-electron chi connectivity index (χ4n) is 2.40. The Morgan fingerprint density at radius 1 is 1.24 bits per heavy atom. The largest absolute Gasteiger partial charge is 0.371 e. The van der Waals surface area contributed by atoms with Crippen LogP contribution in [-0.2, 0) is 6.54 Å². The van der Waals surface area contributed by atoms with E-state index in [4.69, 9.17) is 5.73 Å². The van der Waals surface area contributed by atoms with E-state index < -0.39 is 0 Å². The van der Waals surface area contributed by atoms with Crippen LogP contribution in [0.3, 0.4) is 0 Å². The SMILES string of the molecule is NCc1nc2ccc(N3CCCCC3)cc2s1. The molecular formula is C13H17N3S. The van der Waals surface area contributed by atoms with Crippen molar-refractivity contribution in [2.24, 2.45) is 5.73 Å². The van der Waals surface area contributed by atoms with Crippen LogP contribution < -0.4 is 10.6 Å². The van der Waals surface area contributed by atoms with Crippen LogP contribution in [0.4, 0.5) is 5.69 Å². The minimum atomic E-state index is 0.540. The van der Waals surface area contributed by atoms with Crippen molar-refractivity contribution in [3.8, 4) is 0 Å². The molecule has 0 bridgehead atoms. The van der Waals surface area contributed by atoms with Crippen LogP contribution in [-0.4, -0.2) is 18.1 Å². The lowest BCUT2D eigenvalue weighted by molar-refractivity contribution is 0.578. The molecule has 1 aromatic carbocycles. The molecule has 0 saturated carbocycles. The molecule has 0 aliphatic carbocycles. The molecule has 2 N–H and O–H groups in total. The summed E-state index contributed by atoms with van der Waals surface area (Å²) in [5.41, 5.74) is 8.05. The number of hydrogen-bond acceptors (Lipinski definition) is 4. The Kier molecular flexibility index (Phi) is 2.99. The first-order valence-corrected chi connectivity index (χ1v) is 7.03. The molecule has 1 aliphatic heterocycles.